The molecule has 90 valence electrons. The Morgan fingerprint density at radius 3 is 2.62 bits per heavy atom. The Bertz CT molecular complexity index is 328. The molecule has 0 radical (unpaired) electrons. The lowest BCUT2D eigenvalue weighted by Crippen LogP contribution is -2.22. The number of halogens is 2. The minimum Gasteiger partial charge on any atom is -0.310 e. The van der Waals surface area contributed by atoms with E-state index in [-0.39, 0.29) is 0 Å². The first kappa shape index (κ1) is 14.0. The topological polar surface area (TPSA) is 12.0 Å². The number of hydrogen-bond acceptors (Lipinski definition) is 1. The van der Waals surface area contributed by atoms with Gasteiger partial charge < -0.3 is 5.32 Å². The molecule has 3 heteroatoms. The molecule has 0 heterocycles. The molecule has 0 fully saturated rings. The molecule has 1 aromatic carbocycles. The fourth-order valence-electron chi connectivity index (χ4n) is 1.76. The second kappa shape index (κ2) is 7.31. The molecular formula is C13H19BrClN. The van der Waals surface area contributed by atoms with Crippen molar-refractivity contribution in [3.63, 3.8) is 0 Å². The lowest BCUT2D eigenvalue weighted by molar-refractivity contribution is 0.492. The Labute approximate surface area is 112 Å². The fraction of sp³-hybridized carbons (Fsp3) is 0.538. The predicted octanol–water partition coefficient (Wildman–Crippen LogP) is 4.94. The van der Waals surface area contributed by atoms with Gasteiger partial charge in [0.25, 0.3) is 0 Å². The van der Waals surface area contributed by atoms with Crippen LogP contribution in [-0.4, -0.2) is 6.54 Å². The molecule has 0 aliphatic carbocycles. The second-order valence-electron chi connectivity index (χ2n) is 3.96. The first-order valence-corrected chi connectivity index (χ1v) is 7.04. The molecule has 16 heavy (non-hydrogen) atoms. The number of nitrogens with one attached hydrogen (secondary N) is 1. The van der Waals surface area contributed by atoms with Gasteiger partial charge in [0.15, 0.2) is 0 Å². The van der Waals surface area contributed by atoms with Gasteiger partial charge in [0.2, 0.25) is 0 Å². The molecule has 1 atom stereocenters. The highest BCUT2D eigenvalue weighted by molar-refractivity contribution is 9.10. The van der Waals surface area contributed by atoms with E-state index in [1.807, 2.05) is 12.1 Å². The van der Waals surface area contributed by atoms with E-state index in [0.717, 1.165) is 28.9 Å². The van der Waals surface area contributed by atoms with Crippen LogP contribution in [0.25, 0.3) is 0 Å². The summed E-state index contributed by atoms with van der Waals surface area (Å²) in [6, 6.07) is 6.46. The number of benzene rings is 1. The zero-order valence-corrected chi connectivity index (χ0v) is 12.2. The molecule has 0 saturated carbocycles. The highest BCUT2D eigenvalue weighted by Crippen LogP contribution is 2.29. The van der Waals surface area contributed by atoms with Crippen molar-refractivity contribution in [3.05, 3.63) is 33.3 Å². The van der Waals surface area contributed by atoms with Crippen LogP contribution < -0.4 is 5.32 Å². The second-order valence-corrected chi connectivity index (χ2v) is 5.25. The van der Waals surface area contributed by atoms with Crippen LogP contribution >= 0.6 is 27.5 Å². The van der Waals surface area contributed by atoms with Crippen molar-refractivity contribution in [2.75, 3.05) is 6.54 Å². The largest absolute Gasteiger partial charge is 0.310 e. The number of rotatable bonds is 6. The van der Waals surface area contributed by atoms with Gasteiger partial charge in [-0.3, -0.25) is 0 Å². The summed E-state index contributed by atoms with van der Waals surface area (Å²) in [5.74, 6) is 0. The average molecular weight is 305 g/mol. The monoisotopic (exact) mass is 303 g/mol. The Morgan fingerprint density at radius 2 is 2.06 bits per heavy atom. The van der Waals surface area contributed by atoms with Crippen LogP contribution in [-0.2, 0) is 0 Å². The van der Waals surface area contributed by atoms with Crippen molar-refractivity contribution in [1.29, 1.82) is 0 Å². The van der Waals surface area contributed by atoms with Crippen LogP contribution in [0.2, 0.25) is 5.02 Å². The Morgan fingerprint density at radius 1 is 1.31 bits per heavy atom. The first-order valence-electron chi connectivity index (χ1n) is 5.87. The van der Waals surface area contributed by atoms with Gasteiger partial charge in [0.1, 0.15) is 0 Å². The average Bonchev–Trinajstić information content (AvgIpc) is 2.25. The summed E-state index contributed by atoms with van der Waals surface area (Å²) in [4.78, 5) is 0. The van der Waals surface area contributed by atoms with E-state index in [1.165, 1.54) is 12.0 Å². The van der Waals surface area contributed by atoms with Crippen molar-refractivity contribution in [2.24, 2.45) is 0 Å². The van der Waals surface area contributed by atoms with E-state index < -0.39 is 0 Å². The lowest BCUT2D eigenvalue weighted by Gasteiger charge is -2.19. The van der Waals surface area contributed by atoms with Crippen LogP contribution in [0, 0.1) is 0 Å². The maximum atomic E-state index is 5.95. The van der Waals surface area contributed by atoms with Crippen molar-refractivity contribution < 1.29 is 0 Å². The molecular weight excluding hydrogens is 286 g/mol. The van der Waals surface area contributed by atoms with Crippen LogP contribution in [0.15, 0.2) is 22.7 Å². The zero-order chi connectivity index (χ0) is 12.0. The summed E-state index contributed by atoms with van der Waals surface area (Å²) < 4.78 is 1.10. The molecule has 0 amide bonds. The van der Waals surface area contributed by atoms with Gasteiger partial charge in [0, 0.05) is 15.5 Å². The van der Waals surface area contributed by atoms with Gasteiger partial charge in [-0.05, 0) is 37.1 Å². The van der Waals surface area contributed by atoms with E-state index in [9.17, 15) is 0 Å². The van der Waals surface area contributed by atoms with Gasteiger partial charge in [0.05, 0.1) is 0 Å². The molecule has 0 aliphatic rings. The number of hydrogen-bond donors (Lipinski definition) is 1. The molecule has 0 bridgehead atoms. The van der Waals surface area contributed by atoms with E-state index in [1.54, 1.807) is 0 Å². The maximum absolute atomic E-state index is 5.95. The van der Waals surface area contributed by atoms with Gasteiger partial charge in [-0.1, -0.05) is 53.9 Å². The Balaban J connectivity index is 2.82. The van der Waals surface area contributed by atoms with Crippen LogP contribution in [0.3, 0.4) is 0 Å². The van der Waals surface area contributed by atoms with Crippen LogP contribution in [0.5, 0.6) is 0 Å². The SMILES string of the molecule is CCCNC(CCC)c1ccc(Cl)cc1Br. The van der Waals surface area contributed by atoms with E-state index in [4.69, 9.17) is 11.6 Å². The molecule has 0 saturated heterocycles. The van der Waals surface area contributed by atoms with Crippen molar-refractivity contribution in [2.45, 2.75) is 39.2 Å². The summed E-state index contributed by atoms with van der Waals surface area (Å²) in [6.07, 6.45) is 3.49. The highest BCUT2D eigenvalue weighted by atomic mass is 79.9. The van der Waals surface area contributed by atoms with Crippen molar-refractivity contribution in [1.82, 2.24) is 5.32 Å². The summed E-state index contributed by atoms with van der Waals surface area (Å²) >= 11 is 9.54. The third kappa shape index (κ3) is 4.08. The molecule has 0 aromatic heterocycles. The molecule has 1 N–H and O–H groups in total. The summed E-state index contributed by atoms with van der Waals surface area (Å²) in [5.41, 5.74) is 1.31. The summed E-state index contributed by atoms with van der Waals surface area (Å²) in [7, 11) is 0. The lowest BCUT2D eigenvalue weighted by atomic mass is 10.0. The van der Waals surface area contributed by atoms with E-state index in [0.29, 0.717) is 6.04 Å². The van der Waals surface area contributed by atoms with Crippen molar-refractivity contribution >= 4 is 27.5 Å². The van der Waals surface area contributed by atoms with Gasteiger partial charge in [-0.15, -0.1) is 0 Å². The molecule has 1 nitrogen and oxygen atoms in total. The minimum atomic E-state index is 0.427. The summed E-state index contributed by atoms with van der Waals surface area (Å²) in [5, 5.41) is 4.35. The Kier molecular flexibility index (Phi) is 6.40. The minimum absolute atomic E-state index is 0.427. The molecule has 0 aliphatic heterocycles. The third-order valence-corrected chi connectivity index (χ3v) is 3.48. The van der Waals surface area contributed by atoms with Crippen LogP contribution in [0.1, 0.15) is 44.7 Å². The van der Waals surface area contributed by atoms with E-state index >= 15 is 0 Å². The molecule has 1 aromatic rings. The van der Waals surface area contributed by atoms with Gasteiger partial charge >= 0.3 is 0 Å². The first-order chi connectivity index (χ1) is 7.69. The van der Waals surface area contributed by atoms with Crippen molar-refractivity contribution in [3.8, 4) is 0 Å². The van der Waals surface area contributed by atoms with Gasteiger partial charge in [-0.2, -0.15) is 0 Å². The zero-order valence-electron chi connectivity index (χ0n) is 9.89. The normalized spacial score (nSPS) is 12.8. The maximum Gasteiger partial charge on any atom is 0.0417 e. The third-order valence-electron chi connectivity index (χ3n) is 2.56. The molecule has 1 unspecified atom stereocenters. The standard InChI is InChI=1S/C13H19BrClN/c1-3-5-13(16-8-4-2)11-7-6-10(15)9-12(11)14/h6-7,9,13,16H,3-5,8H2,1-2H3. The molecule has 0 spiro atoms. The van der Waals surface area contributed by atoms with Gasteiger partial charge in [-0.25, -0.2) is 0 Å². The highest BCUT2D eigenvalue weighted by Gasteiger charge is 2.12. The molecule has 1 rings (SSSR count). The smallest absolute Gasteiger partial charge is 0.0417 e. The predicted molar refractivity (Wildman–Crippen MR) is 75.1 cm³/mol. The Hall–Kier alpha value is -0.0500. The quantitative estimate of drug-likeness (QED) is 0.784. The van der Waals surface area contributed by atoms with Crippen LogP contribution in [0.4, 0.5) is 0 Å². The summed E-state index contributed by atoms with van der Waals surface area (Å²) in [6.45, 7) is 5.46. The fourth-order valence-corrected chi connectivity index (χ4v) is 2.72. The van der Waals surface area contributed by atoms with E-state index in [2.05, 4.69) is 41.2 Å².